The van der Waals surface area contributed by atoms with Crippen LogP contribution in [0.5, 0.6) is 5.75 Å². The van der Waals surface area contributed by atoms with E-state index in [1.807, 2.05) is 39.0 Å². The summed E-state index contributed by atoms with van der Waals surface area (Å²) < 4.78 is 5.61. The van der Waals surface area contributed by atoms with Gasteiger partial charge in [0, 0.05) is 22.3 Å². The lowest BCUT2D eigenvalue weighted by Gasteiger charge is -2.12. The standard InChI is InChI=1S/C23H27ClN4O4/c1-5-16(4)26-22(30)23(31)28-25-12-17-11-18(24)8-9-20(17)32-13-21(29)27-19-10-14(2)6-7-15(19)3/h6-12,16H,5,13H2,1-4H3,(H,26,30)(H,27,29)(H,28,31)/b25-12-/t16-/m1/s1. The second-order valence-corrected chi connectivity index (χ2v) is 7.76. The van der Waals surface area contributed by atoms with Gasteiger partial charge in [-0.3, -0.25) is 14.4 Å². The van der Waals surface area contributed by atoms with E-state index in [4.69, 9.17) is 16.3 Å². The van der Waals surface area contributed by atoms with Crippen LogP contribution in [0.1, 0.15) is 37.0 Å². The third-order valence-corrected chi connectivity index (χ3v) is 4.80. The minimum absolute atomic E-state index is 0.125. The predicted octanol–water partition coefficient (Wildman–Crippen LogP) is 3.34. The summed E-state index contributed by atoms with van der Waals surface area (Å²) in [5.41, 5.74) is 5.28. The minimum Gasteiger partial charge on any atom is -0.483 e. The van der Waals surface area contributed by atoms with Crippen LogP contribution >= 0.6 is 11.6 Å². The first-order valence-electron chi connectivity index (χ1n) is 10.1. The molecule has 0 aliphatic carbocycles. The zero-order chi connectivity index (χ0) is 23.7. The molecule has 0 aliphatic heterocycles. The number of carbonyl (C=O) groups excluding carboxylic acids is 3. The smallest absolute Gasteiger partial charge is 0.329 e. The van der Waals surface area contributed by atoms with Crippen molar-refractivity contribution >= 4 is 41.2 Å². The molecule has 0 fully saturated rings. The van der Waals surface area contributed by atoms with Gasteiger partial charge >= 0.3 is 11.8 Å². The maximum Gasteiger partial charge on any atom is 0.329 e. The van der Waals surface area contributed by atoms with E-state index >= 15 is 0 Å². The van der Waals surface area contributed by atoms with Crippen LogP contribution < -0.4 is 20.8 Å². The van der Waals surface area contributed by atoms with Crippen LogP contribution in [0.3, 0.4) is 0 Å². The van der Waals surface area contributed by atoms with Crippen molar-refractivity contribution in [3.05, 3.63) is 58.1 Å². The first-order valence-corrected chi connectivity index (χ1v) is 10.5. The number of halogens is 1. The molecule has 0 aromatic heterocycles. The SMILES string of the molecule is CC[C@@H](C)NC(=O)C(=O)N/N=C\c1cc(Cl)ccc1OCC(=O)Nc1cc(C)ccc1C. The predicted molar refractivity (Wildman–Crippen MR) is 125 cm³/mol. The lowest BCUT2D eigenvalue weighted by Crippen LogP contribution is -2.41. The summed E-state index contributed by atoms with van der Waals surface area (Å²) in [5, 5.41) is 9.57. The molecule has 0 spiro atoms. The van der Waals surface area contributed by atoms with Crippen molar-refractivity contribution in [3.8, 4) is 5.75 Å². The molecule has 0 aliphatic rings. The average Bonchev–Trinajstić information content (AvgIpc) is 2.75. The molecule has 170 valence electrons. The van der Waals surface area contributed by atoms with E-state index in [-0.39, 0.29) is 18.6 Å². The first kappa shape index (κ1) is 24.9. The molecule has 2 rings (SSSR count). The Balaban J connectivity index is 1.99. The molecular weight excluding hydrogens is 432 g/mol. The number of aryl methyl sites for hydroxylation is 2. The molecule has 0 unspecified atom stereocenters. The number of anilines is 1. The van der Waals surface area contributed by atoms with Crippen LogP contribution in [-0.2, 0) is 14.4 Å². The summed E-state index contributed by atoms with van der Waals surface area (Å²) in [4.78, 5) is 35.9. The summed E-state index contributed by atoms with van der Waals surface area (Å²) in [6, 6.07) is 10.4. The highest BCUT2D eigenvalue weighted by molar-refractivity contribution is 6.35. The number of hydrogen-bond donors (Lipinski definition) is 3. The van der Waals surface area contributed by atoms with E-state index in [0.717, 1.165) is 16.8 Å². The Morgan fingerprint density at radius 3 is 2.59 bits per heavy atom. The van der Waals surface area contributed by atoms with Crippen molar-refractivity contribution in [1.82, 2.24) is 10.7 Å². The normalized spacial score (nSPS) is 11.7. The third kappa shape index (κ3) is 7.70. The number of carbonyl (C=O) groups is 3. The monoisotopic (exact) mass is 458 g/mol. The van der Waals surface area contributed by atoms with Crippen molar-refractivity contribution in [2.75, 3.05) is 11.9 Å². The number of rotatable bonds is 8. The van der Waals surface area contributed by atoms with Gasteiger partial charge in [-0.05, 0) is 62.6 Å². The van der Waals surface area contributed by atoms with Crippen molar-refractivity contribution < 1.29 is 19.1 Å². The zero-order valence-electron chi connectivity index (χ0n) is 18.5. The van der Waals surface area contributed by atoms with E-state index in [1.165, 1.54) is 6.21 Å². The number of ether oxygens (including phenoxy) is 1. The van der Waals surface area contributed by atoms with Gasteiger partial charge in [0.05, 0.1) is 6.21 Å². The molecule has 0 heterocycles. The number of benzene rings is 2. The first-order chi connectivity index (χ1) is 15.2. The second kappa shape index (κ2) is 11.9. The summed E-state index contributed by atoms with van der Waals surface area (Å²) in [6.07, 6.45) is 1.99. The van der Waals surface area contributed by atoms with Crippen molar-refractivity contribution in [2.45, 2.75) is 40.2 Å². The molecule has 0 bridgehead atoms. The summed E-state index contributed by atoms with van der Waals surface area (Å²) >= 11 is 6.04. The van der Waals surface area contributed by atoms with Crippen LogP contribution in [0.25, 0.3) is 0 Å². The Hall–Kier alpha value is -3.39. The van der Waals surface area contributed by atoms with Gasteiger partial charge in [-0.15, -0.1) is 0 Å². The van der Waals surface area contributed by atoms with Crippen LogP contribution in [-0.4, -0.2) is 36.6 Å². The van der Waals surface area contributed by atoms with Crippen molar-refractivity contribution in [1.29, 1.82) is 0 Å². The fourth-order valence-corrected chi connectivity index (χ4v) is 2.73. The van der Waals surface area contributed by atoms with Crippen LogP contribution in [0.15, 0.2) is 41.5 Å². The van der Waals surface area contributed by atoms with Gasteiger partial charge < -0.3 is 15.4 Å². The molecule has 32 heavy (non-hydrogen) atoms. The number of hydrazone groups is 1. The molecule has 8 nitrogen and oxygen atoms in total. The van der Waals surface area contributed by atoms with Gasteiger partial charge in [0.15, 0.2) is 6.61 Å². The second-order valence-electron chi connectivity index (χ2n) is 7.32. The molecule has 2 aromatic rings. The lowest BCUT2D eigenvalue weighted by atomic mass is 10.1. The lowest BCUT2D eigenvalue weighted by molar-refractivity contribution is -0.139. The molecule has 0 radical (unpaired) electrons. The van der Waals surface area contributed by atoms with Gasteiger partial charge in [0.25, 0.3) is 5.91 Å². The van der Waals surface area contributed by atoms with E-state index < -0.39 is 11.8 Å². The van der Waals surface area contributed by atoms with E-state index in [2.05, 4.69) is 21.2 Å². The quantitative estimate of drug-likeness (QED) is 0.320. The minimum atomic E-state index is -0.890. The Bertz CT molecular complexity index is 1020. The Morgan fingerprint density at radius 2 is 1.88 bits per heavy atom. The average molecular weight is 459 g/mol. The Morgan fingerprint density at radius 1 is 1.12 bits per heavy atom. The van der Waals surface area contributed by atoms with Gasteiger partial charge in [0.1, 0.15) is 5.75 Å². The van der Waals surface area contributed by atoms with E-state index in [0.29, 0.717) is 22.8 Å². The van der Waals surface area contributed by atoms with Crippen LogP contribution in [0, 0.1) is 13.8 Å². The topological polar surface area (TPSA) is 109 Å². The van der Waals surface area contributed by atoms with Gasteiger partial charge in [-0.1, -0.05) is 30.7 Å². The summed E-state index contributed by atoms with van der Waals surface area (Å²) in [6.45, 7) is 7.29. The molecule has 3 N–H and O–H groups in total. The highest BCUT2D eigenvalue weighted by atomic mass is 35.5. The van der Waals surface area contributed by atoms with Gasteiger partial charge in [0.2, 0.25) is 0 Å². The molecule has 2 aromatic carbocycles. The molecule has 9 heteroatoms. The summed E-state index contributed by atoms with van der Waals surface area (Å²) in [7, 11) is 0. The molecule has 3 amide bonds. The highest BCUT2D eigenvalue weighted by Crippen LogP contribution is 2.22. The van der Waals surface area contributed by atoms with E-state index in [9.17, 15) is 14.4 Å². The number of amides is 3. The fraction of sp³-hybridized carbons (Fsp3) is 0.304. The van der Waals surface area contributed by atoms with Crippen molar-refractivity contribution in [2.24, 2.45) is 5.10 Å². The van der Waals surface area contributed by atoms with Gasteiger partial charge in [-0.25, -0.2) is 5.43 Å². The number of hydrogen-bond acceptors (Lipinski definition) is 5. The van der Waals surface area contributed by atoms with Crippen LogP contribution in [0.4, 0.5) is 5.69 Å². The fourth-order valence-electron chi connectivity index (χ4n) is 2.55. The van der Waals surface area contributed by atoms with Crippen molar-refractivity contribution in [3.63, 3.8) is 0 Å². The maximum absolute atomic E-state index is 12.3. The van der Waals surface area contributed by atoms with E-state index in [1.54, 1.807) is 25.1 Å². The largest absolute Gasteiger partial charge is 0.483 e. The molecule has 0 saturated heterocycles. The molecule has 1 atom stereocenters. The Kier molecular flexibility index (Phi) is 9.22. The molecular formula is C23H27ClN4O4. The highest BCUT2D eigenvalue weighted by Gasteiger charge is 2.14. The summed E-state index contributed by atoms with van der Waals surface area (Å²) in [5.74, 6) is -1.65. The Labute approximate surface area is 192 Å². The molecule has 0 saturated carbocycles. The van der Waals surface area contributed by atoms with Crippen LogP contribution in [0.2, 0.25) is 5.02 Å². The number of nitrogens with one attached hydrogen (secondary N) is 3. The van der Waals surface area contributed by atoms with Gasteiger partial charge in [-0.2, -0.15) is 5.10 Å². The number of nitrogens with zero attached hydrogens (tertiary/aromatic N) is 1. The zero-order valence-corrected chi connectivity index (χ0v) is 19.2. The maximum atomic E-state index is 12.3. The third-order valence-electron chi connectivity index (χ3n) is 4.56.